The number of hydrogen-bond donors (Lipinski definition) is 1. The second kappa shape index (κ2) is 11.0. The summed E-state index contributed by atoms with van der Waals surface area (Å²) in [5.41, 5.74) is 0.0649. The van der Waals surface area contributed by atoms with Gasteiger partial charge in [0, 0.05) is 0 Å². The van der Waals surface area contributed by atoms with Gasteiger partial charge in [-0.3, -0.25) is 19.3 Å². The number of hydrogen-bond acceptors (Lipinski definition) is 5. The summed E-state index contributed by atoms with van der Waals surface area (Å²) in [7, 11) is 0. The van der Waals surface area contributed by atoms with E-state index >= 15 is 0 Å². The standard InChI is InChI=1S/C30H25F3N2O5/c31-30(32,33)24-8-4-5-9-25(24)34-26(36)17-40-29(39)19-10-13-21(14-11-19)35-27(37)22-15-12-20(16-23(22)28(35)38)18-6-2-1-3-7-18/h1-11,13-14,20,22-23H,12,15-17H2,(H,34,36)/t20-,22-,23-/m1/s1. The van der Waals surface area contributed by atoms with Crippen LogP contribution >= 0.6 is 0 Å². The van der Waals surface area contributed by atoms with Crippen LogP contribution < -0.4 is 10.2 Å². The molecule has 206 valence electrons. The number of nitrogens with zero attached hydrogens (tertiary/aromatic N) is 1. The first-order valence-electron chi connectivity index (χ1n) is 12.8. The Morgan fingerprint density at radius 2 is 1.50 bits per heavy atom. The van der Waals surface area contributed by atoms with Gasteiger partial charge in [0.1, 0.15) is 0 Å². The van der Waals surface area contributed by atoms with Crippen molar-refractivity contribution < 1.29 is 37.1 Å². The number of carbonyl (C=O) groups is 4. The third-order valence-electron chi connectivity index (χ3n) is 7.40. The Morgan fingerprint density at radius 1 is 0.850 bits per heavy atom. The third-order valence-corrected chi connectivity index (χ3v) is 7.40. The van der Waals surface area contributed by atoms with Crippen LogP contribution in [0.15, 0.2) is 78.9 Å². The molecule has 0 bridgehead atoms. The van der Waals surface area contributed by atoms with Gasteiger partial charge in [-0.1, -0.05) is 42.5 Å². The lowest BCUT2D eigenvalue weighted by molar-refractivity contribution is -0.137. The molecule has 3 atom stereocenters. The van der Waals surface area contributed by atoms with Gasteiger partial charge < -0.3 is 10.1 Å². The van der Waals surface area contributed by atoms with E-state index in [0.29, 0.717) is 18.5 Å². The van der Waals surface area contributed by atoms with Crippen molar-refractivity contribution in [1.82, 2.24) is 0 Å². The fraction of sp³-hybridized carbons (Fsp3) is 0.267. The first kappa shape index (κ1) is 27.1. The molecule has 1 saturated carbocycles. The molecule has 1 aliphatic heterocycles. The third kappa shape index (κ3) is 5.47. The zero-order valence-corrected chi connectivity index (χ0v) is 21.2. The lowest BCUT2D eigenvalue weighted by Gasteiger charge is -2.28. The van der Waals surface area contributed by atoms with Gasteiger partial charge in [0.2, 0.25) is 11.8 Å². The maximum absolute atomic E-state index is 13.3. The van der Waals surface area contributed by atoms with Crippen molar-refractivity contribution in [2.24, 2.45) is 11.8 Å². The minimum atomic E-state index is -4.66. The first-order chi connectivity index (χ1) is 19.1. The second-order valence-electron chi connectivity index (χ2n) is 9.86. The monoisotopic (exact) mass is 550 g/mol. The van der Waals surface area contributed by atoms with Gasteiger partial charge in [0.15, 0.2) is 6.61 Å². The van der Waals surface area contributed by atoms with Crippen LogP contribution in [0.2, 0.25) is 0 Å². The summed E-state index contributed by atoms with van der Waals surface area (Å²) >= 11 is 0. The zero-order valence-electron chi connectivity index (χ0n) is 21.2. The second-order valence-corrected chi connectivity index (χ2v) is 9.86. The van der Waals surface area contributed by atoms with Crippen molar-refractivity contribution in [3.63, 3.8) is 0 Å². The van der Waals surface area contributed by atoms with E-state index in [-0.39, 0.29) is 29.2 Å². The molecule has 1 N–H and O–H groups in total. The van der Waals surface area contributed by atoms with Crippen molar-refractivity contribution in [2.75, 3.05) is 16.8 Å². The summed E-state index contributed by atoms with van der Waals surface area (Å²) in [5, 5.41) is 2.10. The molecule has 3 aromatic rings. The number of halogens is 3. The molecule has 1 heterocycles. The Labute approximate surface area is 227 Å². The van der Waals surface area contributed by atoms with Gasteiger partial charge in [0.25, 0.3) is 5.91 Å². The smallest absolute Gasteiger partial charge is 0.418 e. The van der Waals surface area contributed by atoms with Crippen molar-refractivity contribution in [2.45, 2.75) is 31.4 Å². The van der Waals surface area contributed by atoms with Gasteiger partial charge in [-0.25, -0.2) is 4.79 Å². The minimum Gasteiger partial charge on any atom is -0.452 e. The van der Waals surface area contributed by atoms with Gasteiger partial charge in [-0.05, 0) is 67.1 Å². The van der Waals surface area contributed by atoms with Gasteiger partial charge >= 0.3 is 12.1 Å². The normalized spacial score (nSPS) is 20.7. The van der Waals surface area contributed by atoms with E-state index in [1.807, 2.05) is 30.3 Å². The number of nitrogens with one attached hydrogen (secondary N) is 1. The van der Waals surface area contributed by atoms with Crippen molar-refractivity contribution in [3.05, 3.63) is 95.6 Å². The first-order valence-corrected chi connectivity index (χ1v) is 12.8. The number of benzene rings is 3. The molecular weight excluding hydrogens is 525 g/mol. The van der Waals surface area contributed by atoms with Crippen molar-refractivity contribution in [3.8, 4) is 0 Å². The fourth-order valence-corrected chi connectivity index (χ4v) is 5.45. The number of amides is 3. The summed E-state index contributed by atoms with van der Waals surface area (Å²) in [6.07, 6.45) is -2.64. The van der Waals surface area contributed by atoms with Crippen molar-refractivity contribution in [1.29, 1.82) is 0 Å². The van der Waals surface area contributed by atoms with E-state index < -0.39 is 41.8 Å². The number of para-hydroxylation sites is 1. The van der Waals surface area contributed by atoms with Gasteiger partial charge in [-0.15, -0.1) is 0 Å². The Balaban J connectivity index is 1.20. The van der Waals surface area contributed by atoms with Gasteiger partial charge in [-0.2, -0.15) is 13.2 Å². The summed E-state index contributed by atoms with van der Waals surface area (Å²) < 4.78 is 44.3. The predicted octanol–water partition coefficient (Wildman–Crippen LogP) is 5.57. The number of ether oxygens (including phenoxy) is 1. The highest BCUT2D eigenvalue weighted by molar-refractivity contribution is 6.22. The quantitative estimate of drug-likeness (QED) is 0.320. The molecule has 1 saturated heterocycles. The Morgan fingerprint density at radius 3 is 2.20 bits per heavy atom. The number of fused-ring (bicyclic) bond motifs is 1. The van der Waals surface area contributed by atoms with Crippen molar-refractivity contribution >= 4 is 35.1 Å². The maximum Gasteiger partial charge on any atom is 0.418 e. The van der Waals surface area contributed by atoms with E-state index in [9.17, 15) is 32.3 Å². The Bertz CT molecular complexity index is 1440. The van der Waals surface area contributed by atoms with Crippen LogP contribution in [0.3, 0.4) is 0 Å². The molecule has 3 aromatic carbocycles. The SMILES string of the molecule is O=C(COC(=O)c1ccc(N2C(=O)[C@@H]3CC[C@@H](c4ccccc4)C[C@H]3C2=O)cc1)Nc1ccccc1C(F)(F)F. The van der Waals surface area contributed by atoms with Crippen LogP contribution in [-0.4, -0.2) is 30.3 Å². The van der Waals surface area contributed by atoms with Crippen LogP contribution in [0.4, 0.5) is 24.5 Å². The molecule has 40 heavy (non-hydrogen) atoms. The number of rotatable bonds is 6. The molecular formula is C30H25F3N2O5. The van der Waals surface area contributed by atoms with E-state index in [2.05, 4.69) is 5.32 Å². The molecule has 7 nitrogen and oxygen atoms in total. The average molecular weight is 551 g/mol. The number of imide groups is 1. The molecule has 3 amide bonds. The maximum atomic E-state index is 13.3. The molecule has 1 aliphatic carbocycles. The number of carbonyl (C=O) groups excluding carboxylic acids is 4. The molecule has 0 unspecified atom stereocenters. The molecule has 0 spiro atoms. The molecule has 0 aromatic heterocycles. The largest absolute Gasteiger partial charge is 0.452 e. The van der Waals surface area contributed by atoms with E-state index in [4.69, 9.17) is 4.74 Å². The summed E-state index contributed by atoms with van der Waals surface area (Å²) in [5.74, 6) is -2.92. The lowest BCUT2D eigenvalue weighted by atomic mass is 9.73. The Hall–Kier alpha value is -4.47. The highest BCUT2D eigenvalue weighted by atomic mass is 19.4. The topological polar surface area (TPSA) is 92.8 Å². The number of alkyl halides is 3. The molecule has 2 aliphatic rings. The average Bonchev–Trinajstić information content (AvgIpc) is 3.20. The molecule has 10 heteroatoms. The van der Waals surface area contributed by atoms with Crippen LogP contribution in [0, 0.1) is 11.8 Å². The van der Waals surface area contributed by atoms with Crippen LogP contribution in [0.5, 0.6) is 0 Å². The van der Waals surface area contributed by atoms with E-state index in [0.717, 1.165) is 24.1 Å². The molecule has 5 rings (SSSR count). The van der Waals surface area contributed by atoms with Crippen LogP contribution in [0.1, 0.15) is 46.7 Å². The van der Waals surface area contributed by atoms with E-state index in [1.165, 1.54) is 41.3 Å². The fourth-order valence-electron chi connectivity index (χ4n) is 5.45. The number of anilines is 2. The number of esters is 1. The highest BCUT2D eigenvalue weighted by Gasteiger charge is 2.50. The Kier molecular flexibility index (Phi) is 7.42. The zero-order chi connectivity index (χ0) is 28.4. The van der Waals surface area contributed by atoms with Crippen LogP contribution in [-0.2, 0) is 25.3 Å². The lowest BCUT2D eigenvalue weighted by Crippen LogP contribution is -2.30. The van der Waals surface area contributed by atoms with Gasteiger partial charge in [0.05, 0.1) is 34.3 Å². The molecule has 0 radical (unpaired) electrons. The summed E-state index contributed by atoms with van der Waals surface area (Å²) in [4.78, 5) is 52.1. The highest BCUT2D eigenvalue weighted by Crippen LogP contribution is 2.45. The van der Waals surface area contributed by atoms with E-state index in [1.54, 1.807) is 0 Å². The summed E-state index contributed by atoms with van der Waals surface area (Å²) in [6, 6.07) is 20.0. The minimum absolute atomic E-state index is 0.0490. The molecule has 2 fully saturated rings. The predicted molar refractivity (Wildman–Crippen MR) is 139 cm³/mol. The van der Waals surface area contributed by atoms with Crippen LogP contribution in [0.25, 0.3) is 0 Å². The summed E-state index contributed by atoms with van der Waals surface area (Å²) in [6.45, 7) is -0.804.